The van der Waals surface area contributed by atoms with E-state index in [0.29, 0.717) is 15.9 Å². The van der Waals surface area contributed by atoms with Crippen LogP contribution in [-0.2, 0) is 9.59 Å². The van der Waals surface area contributed by atoms with Gasteiger partial charge in [-0.05, 0) is 31.9 Å². The first kappa shape index (κ1) is 19.7. The Morgan fingerprint density at radius 1 is 1.33 bits per heavy atom. The number of aromatic nitrogens is 2. The lowest BCUT2D eigenvalue weighted by Crippen LogP contribution is -2.32. The average Bonchev–Trinajstić information content (AvgIpc) is 3.37. The molecular weight excluding hydrogens is 394 g/mol. The van der Waals surface area contributed by atoms with Crippen molar-refractivity contribution >= 4 is 45.7 Å². The summed E-state index contributed by atoms with van der Waals surface area (Å²) in [5, 5.41) is 10.7. The van der Waals surface area contributed by atoms with E-state index >= 15 is 0 Å². The first-order valence-corrected chi connectivity index (χ1v) is 10.2. The molecule has 0 aliphatic heterocycles. The van der Waals surface area contributed by atoms with Gasteiger partial charge in [-0.15, -0.1) is 10.2 Å². The molecule has 1 aliphatic carbocycles. The molecule has 0 saturated heterocycles. The molecule has 1 heterocycles. The predicted molar refractivity (Wildman–Crippen MR) is 101 cm³/mol. The average molecular weight is 412 g/mol. The molecule has 1 aromatic carbocycles. The molecule has 1 atom stereocenters. The SMILES string of the molecule is CCC(=O)N(c1nnc(S[C@H](C)C(=O)Nc2ccc(F)c(F)c2)s1)C1CC1. The summed E-state index contributed by atoms with van der Waals surface area (Å²) in [6, 6.07) is 3.37. The van der Waals surface area contributed by atoms with Gasteiger partial charge in [-0.1, -0.05) is 30.0 Å². The Bertz CT molecular complexity index is 857. The molecule has 1 N–H and O–H groups in total. The lowest BCUT2D eigenvalue weighted by molar-refractivity contribution is -0.118. The van der Waals surface area contributed by atoms with E-state index in [9.17, 15) is 18.4 Å². The van der Waals surface area contributed by atoms with Crippen LogP contribution in [-0.4, -0.2) is 33.3 Å². The fraction of sp³-hybridized carbons (Fsp3) is 0.412. The molecule has 1 aromatic heterocycles. The van der Waals surface area contributed by atoms with E-state index in [2.05, 4.69) is 15.5 Å². The van der Waals surface area contributed by atoms with Crippen LogP contribution in [0.5, 0.6) is 0 Å². The van der Waals surface area contributed by atoms with Gasteiger partial charge in [-0.2, -0.15) is 0 Å². The first-order chi connectivity index (χ1) is 12.9. The second kappa shape index (κ2) is 8.30. The van der Waals surface area contributed by atoms with Crippen molar-refractivity contribution in [3.8, 4) is 0 Å². The number of anilines is 2. The Hall–Kier alpha value is -2.07. The van der Waals surface area contributed by atoms with Crippen LogP contribution >= 0.6 is 23.1 Å². The van der Waals surface area contributed by atoms with Gasteiger partial charge in [0.05, 0.1) is 5.25 Å². The standard InChI is InChI=1S/C17H18F2N4O2S2/c1-3-14(24)23(11-5-6-11)16-21-22-17(27-16)26-9(2)15(25)20-10-4-7-12(18)13(19)8-10/h4,7-9,11H,3,5-6H2,1-2H3,(H,20,25)/t9-/m1/s1. The summed E-state index contributed by atoms with van der Waals surface area (Å²) in [6.45, 7) is 3.48. The highest BCUT2D eigenvalue weighted by atomic mass is 32.2. The van der Waals surface area contributed by atoms with Crippen molar-refractivity contribution < 1.29 is 18.4 Å². The number of halogens is 2. The van der Waals surface area contributed by atoms with E-state index in [4.69, 9.17) is 0 Å². The van der Waals surface area contributed by atoms with Crippen molar-refractivity contribution in [2.24, 2.45) is 0 Å². The molecular formula is C17H18F2N4O2S2. The maximum atomic E-state index is 13.2. The van der Waals surface area contributed by atoms with Crippen LogP contribution in [0.2, 0.25) is 0 Å². The van der Waals surface area contributed by atoms with Crippen molar-refractivity contribution in [3.63, 3.8) is 0 Å². The molecule has 0 spiro atoms. The number of rotatable bonds is 7. The second-order valence-electron chi connectivity index (χ2n) is 6.08. The maximum absolute atomic E-state index is 13.2. The van der Waals surface area contributed by atoms with Gasteiger partial charge >= 0.3 is 0 Å². The zero-order valence-corrected chi connectivity index (χ0v) is 16.4. The van der Waals surface area contributed by atoms with E-state index in [1.807, 2.05) is 0 Å². The highest BCUT2D eigenvalue weighted by Crippen LogP contribution is 2.37. The molecule has 0 unspecified atom stereocenters. The number of hydrogen-bond donors (Lipinski definition) is 1. The molecule has 0 radical (unpaired) electrons. The van der Waals surface area contributed by atoms with Crippen LogP contribution in [0, 0.1) is 11.6 Å². The van der Waals surface area contributed by atoms with Gasteiger partial charge in [-0.25, -0.2) is 8.78 Å². The summed E-state index contributed by atoms with van der Waals surface area (Å²) in [7, 11) is 0. The van der Waals surface area contributed by atoms with Crippen molar-refractivity contribution in [3.05, 3.63) is 29.8 Å². The Balaban J connectivity index is 1.62. The van der Waals surface area contributed by atoms with E-state index in [-0.39, 0.29) is 23.5 Å². The van der Waals surface area contributed by atoms with Gasteiger partial charge in [0.1, 0.15) is 0 Å². The Morgan fingerprint density at radius 2 is 2.07 bits per heavy atom. The molecule has 0 bridgehead atoms. The molecule has 1 fully saturated rings. The van der Waals surface area contributed by atoms with Crippen molar-refractivity contribution in [2.75, 3.05) is 10.2 Å². The van der Waals surface area contributed by atoms with Gasteiger partial charge in [-0.3, -0.25) is 14.5 Å². The van der Waals surface area contributed by atoms with Gasteiger partial charge in [0.25, 0.3) is 0 Å². The number of thioether (sulfide) groups is 1. The first-order valence-electron chi connectivity index (χ1n) is 8.47. The summed E-state index contributed by atoms with van der Waals surface area (Å²) < 4.78 is 26.8. The minimum atomic E-state index is -1.03. The maximum Gasteiger partial charge on any atom is 0.237 e. The molecule has 2 amide bonds. The number of nitrogens with one attached hydrogen (secondary N) is 1. The normalized spacial score (nSPS) is 14.7. The number of hydrogen-bond acceptors (Lipinski definition) is 6. The fourth-order valence-electron chi connectivity index (χ4n) is 2.34. The van der Waals surface area contributed by atoms with Crippen LogP contribution in [0.15, 0.2) is 22.5 Å². The quantitative estimate of drug-likeness (QED) is 0.552. The van der Waals surface area contributed by atoms with Crippen molar-refractivity contribution in [1.82, 2.24) is 10.2 Å². The number of carbonyl (C=O) groups excluding carboxylic acids is 2. The molecule has 144 valence electrons. The van der Waals surface area contributed by atoms with Gasteiger partial charge in [0.15, 0.2) is 16.0 Å². The van der Waals surface area contributed by atoms with Crippen LogP contribution in [0.25, 0.3) is 0 Å². The molecule has 1 saturated carbocycles. The lowest BCUT2D eigenvalue weighted by Gasteiger charge is -2.17. The number of amides is 2. The largest absolute Gasteiger partial charge is 0.325 e. The number of benzene rings is 1. The smallest absolute Gasteiger partial charge is 0.237 e. The summed E-state index contributed by atoms with van der Waals surface area (Å²) >= 11 is 2.46. The summed E-state index contributed by atoms with van der Waals surface area (Å²) in [6.07, 6.45) is 2.31. The van der Waals surface area contributed by atoms with E-state index in [1.165, 1.54) is 29.2 Å². The van der Waals surface area contributed by atoms with Crippen LogP contribution < -0.4 is 10.2 Å². The minimum Gasteiger partial charge on any atom is -0.325 e. The number of carbonyl (C=O) groups is 2. The topological polar surface area (TPSA) is 75.2 Å². The van der Waals surface area contributed by atoms with E-state index in [0.717, 1.165) is 25.0 Å². The highest BCUT2D eigenvalue weighted by molar-refractivity contribution is 8.02. The van der Waals surface area contributed by atoms with Gasteiger partial charge in [0.2, 0.25) is 16.9 Å². The molecule has 27 heavy (non-hydrogen) atoms. The third-order valence-electron chi connectivity index (χ3n) is 3.92. The third-order valence-corrected chi connectivity index (χ3v) is 6.03. The van der Waals surface area contributed by atoms with Gasteiger partial charge in [0, 0.05) is 24.2 Å². The van der Waals surface area contributed by atoms with Crippen LogP contribution in [0.1, 0.15) is 33.1 Å². The van der Waals surface area contributed by atoms with Crippen molar-refractivity contribution in [1.29, 1.82) is 0 Å². The van der Waals surface area contributed by atoms with E-state index in [1.54, 1.807) is 18.7 Å². The second-order valence-corrected chi connectivity index (χ2v) is 8.62. The molecule has 6 nitrogen and oxygen atoms in total. The molecule has 3 rings (SSSR count). The van der Waals surface area contributed by atoms with Gasteiger partial charge < -0.3 is 5.32 Å². The Labute approximate surface area is 163 Å². The molecule has 2 aromatic rings. The third kappa shape index (κ3) is 4.81. The van der Waals surface area contributed by atoms with Crippen molar-refractivity contribution in [2.45, 2.75) is 48.7 Å². The van der Waals surface area contributed by atoms with E-state index < -0.39 is 16.9 Å². The Kier molecular flexibility index (Phi) is 6.05. The molecule has 1 aliphatic rings. The van der Waals surface area contributed by atoms with Crippen LogP contribution in [0.3, 0.4) is 0 Å². The summed E-state index contributed by atoms with van der Waals surface area (Å²) in [5.74, 6) is -2.36. The zero-order valence-electron chi connectivity index (χ0n) is 14.7. The monoisotopic (exact) mass is 412 g/mol. The zero-order chi connectivity index (χ0) is 19.6. The fourth-order valence-corrected chi connectivity index (χ4v) is 4.41. The molecule has 10 heteroatoms. The summed E-state index contributed by atoms with van der Waals surface area (Å²) in [5.41, 5.74) is 0.178. The van der Waals surface area contributed by atoms with Crippen LogP contribution in [0.4, 0.5) is 19.6 Å². The number of nitrogens with zero attached hydrogens (tertiary/aromatic N) is 3. The summed E-state index contributed by atoms with van der Waals surface area (Å²) in [4.78, 5) is 26.1. The highest BCUT2D eigenvalue weighted by Gasteiger charge is 2.35. The Morgan fingerprint density at radius 3 is 2.70 bits per heavy atom. The lowest BCUT2D eigenvalue weighted by atomic mass is 10.3. The minimum absolute atomic E-state index is 0.00864. The predicted octanol–water partition coefficient (Wildman–Crippen LogP) is 3.84.